The molecular weight excluding hydrogens is 299 g/mol. The van der Waals surface area contributed by atoms with Crippen LogP contribution >= 0.6 is 23.2 Å². The molecule has 1 heterocycles. The maximum Gasteiger partial charge on any atom is 0.272 e. The van der Waals surface area contributed by atoms with Crippen molar-refractivity contribution in [2.75, 3.05) is 5.43 Å². The van der Waals surface area contributed by atoms with E-state index in [1.165, 1.54) is 12.3 Å². The zero-order valence-electron chi connectivity index (χ0n) is 10.0. The highest BCUT2D eigenvalue weighted by molar-refractivity contribution is 6.36. The van der Waals surface area contributed by atoms with Gasteiger partial charge in [0.2, 0.25) is 0 Å². The molecule has 2 aromatic rings. The van der Waals surface area contributed by atoms with Gasteiger partial charge in [-0.25, -0.2) is 4.98 Å². The quantitative estimate of drug-likeness (QED) is 0.675. The molecular formula is C13H8Cl2N4O. The molecule has 20 heavy (non-hydrogen) atoms. The first-order chi connectivity index (χ1) is 9.60. The molecule has 1 amide bonds. The van der Waals surface area contributed by atoms with Crippen molar-refractivity contribution in [2.24, 2.45) is 0 Å². The minimum atomic E-state index is -0.441. The average Bonchev–Trinajstić information content (AvgIpc) is 2.45. The van der Waals surface area contributed by atoms with Gasteiger partial charge in [-0.3, -0.25) is 15.6 Å². The number of hydrazine groups is 1. The van der Waals surface area contributed by atoms with Crippen LogP contribution in [0.4, 0.5) is 5.69 Å². The first-order valence-corrected chi connectivity index (χ1v) is 6.23. The molecule has 0 atom stereocenters. The lowest BCUT2D eigenvalue weighted by Crippen LogP contribution is -2.29. The molecule has 0 spiro atoms. The number of carbonyl (C=O) groups excluding carboxylic acids is 1. The number of hydrogen-bond acceptors (Lipinski definition) is 4. The monoisotopic (exact) mass is 306 g/mol. The standard InChI is InChI=1S/C13H8Cl2N4O/c14-11-5-12(15)17-7-10(11)13(20)19-18-9-3-1-8(6-16)2-4-9/h1-5,7,18H,(H,19,20). The molecule has 0 radical (unpaired) electrons. The van der Waals surface area contributed by atoms with Gasteiger partial charge in [0.05, 0.1) is 27.9 Å². The number of benzene rings is 1. The molecule has 0 saturated heterocycles. The zero-order valence-corrected chi connectivity index (χ0v) is 11.5. The van der Waals surface area contributed by atoms with Gasteiger partial charge in [-0.2, -0.15) is 5.26 Å². The van der Waals surface area contributed by atoms with Crippen molar-refractivity contribution in [1.82, 2.24) is 10.4 Å². The molecule has 0 aliphatic heterocycles. The molecule has 1 aromatic heterocycles. The summed E-state index contributed by atoms with van der Waals surface area (Å²) in [7, 11) is 0. The number of pyridine rings is 1. The van der Waals surface area contributed by atoms with E-state index in [1.807, 2.05) is 6.07 Å². The summed E-state index contributed by atoms with van der Waals surface area (Å²) in [6, 6.07) is 9.99. The van der Waals surface area contributed by atoms with E-state index >= 15 is 0 Å². The largest absolute Gasteiger partial charge is 0.298 e. The number of nitrogens with zero attached hydrogens (tertiary/aromatic N) is 2. The third-order valence-corrected chi connectivity index (χ3v) is 2.92. The molecule has 7 heteroatoms. The summed E-state index contributed by atoms with van der Waals surface area (Å²) in [5.41, 5.74) is 6.56. The molecule has 0 unspecified atom stereocenters. The molecule has 0 aliphatic carbocycles. The lowest BCUT2D eigenvalue weighted by Gasteiger charge is -2.09. The van der Waals surface area contributed by atoms with Gasteiger partial charge >= 0.3 is 0 Å². The predicted octanol–water partition coefficient (Wildman–Crippen LogP) is 3.02. The van der Waals surface area contributed by atoms with E-state index in [0.717, 1.165) is 0 Å². The van der Waals surface area contributed by atoms with Crippen LogP contribution in [0.25, 0.3) is 0 Å². The lowest BCUT2D eigenvalue weighted by molar-refractivity contribution is 0.0962. The van der Waals surface area contributed by atoms with Gasteiger partial charge in [0.1, 0.15) is 5.15 Å². The fourth-order valence-electron chi connectivity index (χ4n) is 1.40. The van der Waals surface area contributed by atoms with Crippen LogP contribution in [0.15, 0.2) is 36.5 Å². The summed E-state index contributed by atoms with van der Waals surface area (Å²) in [6.07, 6.45) is 1.29. The SMILES string of the molecule is N#Cc1ccc(NNC(=O)c2cnc(Cl)cc2Cl)cc1. The number of amides is 1. The second-order valence-corrected chi connectivity index (χ2v) is 4.55. The summed E-state index contributed by atoms with van der Waals surface area (Å²) >= 11 is 11.6. The Balaban J connectivity index is 2.03. The van der Waals surface area contributed by atoms with Crippen LogP contribution in [-0.2, 0) is 0 Å². The normalized spacial score (nSPS) is 9.65. The maximum atomic E-state index is 11.9. The summed E-state index contributed by atoms with van der Waals surface area (Å²) in [6.45, 7) is 0. The first kappa shape index (κ1) is 14.1. The Bertz CT molecular complexity index is 680. The van der Waals surface area contributed by atoms with Crippen molar-refractivity contribution in [2.45, 2.75) is 0 Å². The van der Waals surface area contributed by atoms with Crippen molar-refractivity contribution in [3.63, 3.8) is 0 Å². The Hall–Kier alpha value is -2.29. The van der Waals surface area contributed by atoms with Gasteiger partial charge in [-0.15, -0.1) is 0 Å². The Morgan fingerprint density at radius 1 is 1.25 bits per heavy atom. The molecule has 1 aromatic carbocycles. The number of rotatable bonds is 3. The summed E-state index contributed by atoms with van der Waals surface area (Å²) in [4.78, 5) is 15.7. The third-order valence-electron chi connectivity index (χ3n) is 2.40. The molecule has 0 fully saturated rings. The van der Waals surface area contributed by atoms with E-state index in [2.05, 4.69) is 15.8 Å². The minimum Gasteiger partial charge on any atom is -0.298 e. The Kier molecular flexibility index (Phi) is 4.41. The van der Waals surface area contributed by atoms with E-state index in [4.69, 9.17) is 28.5 Å². The number of anilines is 1. The second kappa shape index (κ2) is 6.24. The van der Waals surface area contributed by atoms with Crippen LogP contribution in [0.3, 0.4) is 0 Å². The molecule has 2 rings (SSSR count). The second-order valence-electron chi connectivity index (χ2n) is 3.76. The van der Waals surface area contributed by atoms with Gasteiger partial charge in [-0.1, -0.05) is 23.2 Å². The van der Waals surface area contributed by atoms with E-state index in [0.29, 0.717) is 11.3 Å². The smallest absolute Gasteiger partial charge is 0.272 e. The number of nitriles is 1. The Morgan fingerprint density at radius 3 is 2.55 bits per heavy atom. The van der Waals surface area contributed by atoms with Gasteiger partial charge < -0.3 is 0 Å². The summed E-state index contributed by atoms with van der Waals surface area (Å²) < 4.78 is 0. The molecule has 2 N–H and O–H groups in total. The van der Waals surface area contributed by atoms with E-state index in [1.54, 1.807) is 24.3 Å². The number of halogens is 2. The van der Waals surface area contributed by atoms with Crippen molar-refractivity contribution < 1.29 is 4.79 Å². The molecule has 5 nitrogen and oxygen atoms in total. The molecule has 0 saturated carbocycles. The van der Waals surface area contributed by atoms with Crippen LogP contribution in [0.2, 0.25) is 10.2 Å². The number of aromatic nitrogens is 1. The Labute approximate surface area is 125 Å². The van der Waals surface area contributed by atoms with E-state index in [9.17, 15) is 4.79 Å². The topological polar surface area (TPSA) is 77.8 Å². The van der Waals surface area contributed by atoms with Crippen LogP contribution in [-0.4, -0.2) is 10.9 Å². The highest BCUT2D eigenvalue weighted by Crippen LogP contribution is 2.18. The molecule has 0 bridgehead atoms. The van der Waals surface area contributed by atoms with Crippen molar-refractivity contribution in [1.29, 1.82) is 5.26 Å². The fraction of sp³-hybridized carbons (Fsp3) is 0. The van der Waals surface area contributed by atoms with Crippen molar-refractivity contribution >= 4 is 34.8 Å². The van der Waals surface area contributed by atoms with Gasteiger partial charge in [0.25, 0.3) is 5.91 Å². The average molecular weight is 307 g/mol. The van der Waals surface area contributed by atoms with Crippen molar-refractivity contribution in [3.8, 4) is 6.07 Å². The highest BCUT2D eigenvalue weighted by atomic mass is 35.5. The van der Waals surface area contributed by atoms with E-state index in [-0.39, 0.29) is 15.7 Å². The van der Waals surface area contributed by atoms with Crippen molar-refractivity contribution in [3.05, 3.63) is 57.8 Å². The van der Waals surface area contributed by atoms with Crippen LogP contribution in [0.5, 0.6) is 0 Å². The summed E-state index contributed by atoms with van der Waals surface area (Å²) in [5.74, 6) is -0.441. The van der Waals surface area contributed by atoms with Crippen LogP contribution in [0.1, 0.15) is 15.9 Å². The fourth-order valence-corrected chi connectivity index (χ4v) is 1.85. The third kappa shape index (κ3) is 3.38. The number of hydrogen-bond donors (Lipinski definition) is 2. The predicted molar refractivity (Wildman–Crippen MR) is 76.5 cm³/mol. The lowest BCUT2D eigenvalue weighted by atomic mass is 10.2. The number of nitrogens with one attached hydrogen (secondary N) is 2. The molecule has 0 aliphatic rings. The highest BCUT2D eigenvalue weighted by Gasteiger charge is 2.11. The van der Waals surface area contributed by atoms with Crippen LogP contribution in [0, 0.1) is 11.3 Å². The Morgan fingerprint density at radius 2 is 1.95 bits per heavy atom. The summed E-state index contributed by atoms with van der Waals surface area (Å²) in [5, 5.41) is 9.10. The van der Waals surface area contributed by atoms with Gasteiger partial charge in [0, 0.05) is 6.20 Å². The number of carbonyl (C=O) groups is 1. The first-order valence-electron chi connectivity index (χ1n) is 5.47. The van der Waals surface area contributed by atoms with Crippen LogP contribution < -0.4 is 10.9 Å². The molecule has 100 valence electrons. The van der Waals surface area contributed by atoms with E-state index < -0.39 is 5.91 Å². The minimum absolute atomic E-state index is 0.206. The van der Waals surface area contributed by atoms with Gasteiger partial charge in [0.15, 0.2) is 0 Å². The van der Waals surface area contributed by atoms with Gasteiger partial charge in [-0.05, 0) is 30.3 Å². The maximum absolute atomic E-state index is 11.9. The zero-order chi connectivity index (χ0) is 14.5.